The topological polar surface area (TPSA) is 58.6 Å². The molecular weight excluding hydrogens is 250 g/mol. The summed E-state index contributed by atoms with van der Waals surface area (Å²) in [6.07, 6.45) is 3.56. The van der Waals surface area contributed by atoms with Crippen molar-refractivity contribution in [2.45, 2.75) is 32.2 Å². The number of carbonyl (C=O) groups is 1. The third kappa shape index (κ3) is 6.74. The fourth-order valence-electron chi connectivity index (χ4n) is 1.65. The van der Waals surface area contributed by atoms with E-state index in [1.54, 1.807) is 18.4 Å². The van der Waals surface area contributed by atoms with Gasteiger partial charge in [-0.05, 0) is 37.9 Å². The molecule has 1 heterocycles. The molecule has 102 valence electrons. The van der Waals surface area contributed by atoms with Crippen molar-refractivity contribution in [3.05, 3.63) is 21.9 Å². The number of rotatable bonds is 10. The molecule has 0 saturated heterocycles. The van der Waals surface area contributed by atoms with E-state index in [1.165, 1.54) is 11.3 Å². The van der Waals surface area contributed by atoms with Crippen molar-refractivity contribution in [2.75, 3.05) is 20.3 Å². The van der Waals surface area contributed by atoms with Crippen LogP contribution in [0.1, 0.15) is 29.0 Å². The highest BCUT2D eigenvalue weighted by molar-refractivity contribution is 7.12. The summed E-state index contributed by atoms with van der Waals surface area (Å²) < 4.78 is 4.99. The molecular formula is C13H21NO3S. The number of aliphatic carboxylic acids is 1. The van der Waals surface area contributed by atoms with Gasteiger partial charge in [-0.3, -0.25) is 4.79 Å². The molecule has 18 heavy (non-hydrogen) atoms. The van der Waals surface area contributed by atoms with Crippen molar-refractivity contribution in [3.8, 4) is 0 Å². The highest BCUT2D eigenvalue weighted by atomic mass is 32.1. The molecule has 2 N–H and O–H groups in total. The number of hydrogen-bond donors (Lipinski definition) is 2. The molecule has 0 saturated carbocycles. The first kappa shape index (κ1) is 15.1. The Hall–Kier alpha value is -0.910. The molecule has 0 aliphatic carbocycles. The summed E-state index contributed by atoms with van der Waals surface area (Å²) in [5.41, 5.74) is 0. The maximum atomic E-state index is 10.5. The van der Waals surface area contributed by atoms with Gasteiger partial charge in [0.25, 0.3) is 0 Å². The van der Waals surface area contributed by atoms with E-state index in [2.05, 4.69) is 5.32 Å². The van der Waals surface area contributed by atoms with E-state index in [0.717, 1.165) is 37.4 Å². The van der Waals surface area contributed by atoms with Crippen molar-refractivity contribution < 1.29 is 14.6 Å². The van der Waals surface area contributed by atoms with Crippen LogP contribution in [0.25, 0.3) is 0 Å². The minimum atomic E-state index is -0.769. The van der Waals surface area contributed by atoms with Gasteiger partial charge < -0.3 is 15.2 Å². The Morgan fingerprint density at radius 3 is 2.83 bits per heavy atom. The van der Waals surface area contributed by atoms with Gasteiger partial charge in [-0.25, -0.2) is 0 Å². The van der Waals surface area contributed by atoms with Gasteiger partial charge in [-0.2, -0.15) is 0 Å². The first-order valence-electron chi connectivity index (χ1n) is 6.21. The highest BCUT2D eigenvalue weighted by Crippen LogP contribution is 2.16. The normalized spacial score (nSPS) is 10.7. The Balaban J connectivity index is 2.08. The van der Waals surface area contributed by atoms with Gasteiger partial charge in [0.1, 0.15) is 0 Å². The van der Waals surface area contributed by atoms with Crippen LogP contribution in [-0.2, 0) is 22.5 Å². The first-order chi connectivity index (χ1) is 8.72. The number of carboxylic acid groups (broad SMARTS) is 1. The van der Waals surface area contributed by atoms with E-state index < -0.39 is 5.97 Å². The van der Waals surface area contributed by atoms with Gasteiger partial charge in [-0.15, -0.1) is 11.3 Å². The fraction of sp³-hybridized carbons (Fsp3) is 0.615. The minimum absolute atomic E-state index is 0.127. The van der Waals surface area contributed by atoms with Gasteiger partial charge in [-0.1, -0.05) is 0 Å². The lowest BCUT2D eigenvalue weighted by Gasteiger charge is -2.02. The summed E-state index contributed by atoms with van der Waals surface area (Å²) in [5.74, 6) is -0.769. The van der Waals surface area contributed by atoms with Gasteiger partial charge in [0.2, 0.25) is 0 Å². The Morgan fingerprint density at radius 1 is 1.33 bits per heavy atom. The monoisotopic (exact) mass is 271 g/mol. The largest absolute Gasteiger partial charge is 0.481 e. The van der Waals surface area contributed by atoms with Crippen LogP contribution in [0.15, 0.2) is 12.1 Å². The van der Waals surface area contributed by atoms with E-state index in [4.69, 9.17) is 9.84 Å². The van der Waals surface area contributed by atoms with Crippen LogP contribution in [0.3, 0.4) is 0 Å². The van der Waals surface area contributed by atoms with Crippen LogP contribution >= 0.6 is 11.3 Å². The van der Waals surface area contributed by atoms with E-state index in [-0.39, 0.29) is 6.42 Å². The maximum Gasteiger partial charge on any atom is 0.308 e. The maximum absolute atomic E-state index is 10.5. The van der Waals surface area contributed by atoms with Crippen LogP contribution in [0.4, 0.5) is 0 Å². The molecule has 4 nitrogen and oxygen atoms in total. The summed E-state index contributed by atoms with van der Waals surface area (Å²) >= 11 is 1.57. The zero-order valence-electron chi connectivity index (χ0n) is 10.8. The summed E-state index contributed by atoms with van der Waals surface area (Å²) in [5, 5.41) is 12.0. The number of unbranched alkanes of at least 4 members (excludes halogenated alkanes) is 2. The molecule has 0 unspecified atom stereocenters. The van der Waals surface area contributed by atoms with E-state index in [9.17, 15) is 4.79 Å². The van der Waals surface area contributed by atoms with Crippen molar-refractivity contribution in [1.29, 1.82) is 0 Å². The summed E-state index contributed by atoms with van der Waals surface area (Å²) in [7, 11) is 1.73. The van der Waals surface area contributed by atoms with Crippen molar-refractivity contribution in [3.63, 3.8) is 0 Å². The van der Waals surface area contributed by atoms with Gasteiger partial charge >= 0.3 is 5.97 Å². The van der Waals surface area contributed by atoms with Crippen molar-refractivity contribution in [2.24, 2.45) is 0 Å². The highest BCUT2D eigenvalue weighted by Gasteiger charge is 2.04. The van der Waals surface area contributed by atoms with E-state index in [1.807, 2.05) is 12.1 Å². The fourth-order valence-corrected chi connectivity index (χ4v) is 2.62. The lowest BCUT2D eigenvalue weighted by molar-refractivity contribution is -0.136. The minimum Gasteiger partial charge on any atom is -0.481 e. The standard InChI is InChI=1S/C13H21NO3S/c1-17-8-4-2-3-7-14-10-12-6-5-11(18-12)9-13(15)16/h5-6,14H,2-4,7-10H2,1H3,(H,15,16). The number of methoxy groups -OCH3 is 1. The first-order valence-corrected chi connectivity index (χ1v) is 7.03. The molecule has 1 rings (SSSR count). The van der Waals surface area contributed by atoms with Crippen LogP contribution in [0, 0.1) is 0 Å². The Kier molecular flexibility index (Phi) is 7.64. The van der Waals surface area contributed by atoms with Crippen LogP contribution in [-0.4, -0.2) is 31.3 Å². The van der Waals surface area contributed by atoms with E-state index in [0.29, 0.717) is 0 Å². The van der Waals surface area contributed by atoms with Crippen molar-refractivity contribution >= 4 is 17.3 Å². The molecule has 1 aromatic heterocycles. The molecule has 5 heteroatoms. The average molecular weight is 271 g/mol. The smallest absolute Gasteiger partial charge is 0.308 e. The summed E-state index contributed by atoms with van der Waals surface area (Å²) in [6.45, 7) is 2.66. The quantitative estimate of drug-likeness (QED) is 0.641. The Labute approximate surface area is 112 Å². The van der Waals surface area contributed by atoms with Gasteiger partial charge in [0.05, 0.1) is 6.42 Å². The molecule has 0 aliphatic heterocycles. The molecule has 0 bridgehead atoms. The predicted octanol–water partition coefficient (Wildman–Crippen LogP) is 2.28. The number of thiophene rings is 1. The number of nitrogens with one attached hydrogen (secondary N) is 1. The summed E-state index contributed by atoms with van der Waals surface area (Å²) in [6, 6.07) is 3.90. The zero-order valence-corrected chi connectivity index (χ0v) is 11.6. The third-order valence-corrected chi connectivity index (χ3v) is 3.63. The summed E-state index contributed by atoms with van der Waals surface area (Å²) in [4.78, 5) is 12.7. The average Bonchev–Trinajstić information content (AvgIpc) is 2.75. The molecule has 1 aromatic rings. The van der Waals surface area contributed by atoms with Gasteiger partial charge in [0, 0.05) is 30.0 Å². The molecule has 0 radical (unpaired) electrons. The van der Waals surface area contributed by atoms with Crippen LogP contribution < -0.4 is 5.32 Å². The lowest BCUT2D eigenvalue weighted by Crippen LogP contribution is -2.13. The SMILES string of the molecule is COCCCCCNCc1ccc(CC(=O)O)s1. The zero-order chi connectivity index (χ0) is 13.2. The van der Waals surface area contributed by atoms with Crippen LogP contribution in [0.5, 0.6) is 0 Å². The van der Waals surface area contributed by atoms with Crippen molar-refractivity contribution in [1.82, 2.24) is 5.32 Å². The molecule has 0 aliphatic rings. The van der Waals surface area contributed by atoms with E-state index >= 15 is 0 Å². The molecule has 0 aromatic carbocycles. The molecule has 0 atom stereocenters. The second-order valence-electron chi connectivity index (χ2n) is 4.17. The number of ether oxygens (including phenoxy) is 1. The molecule has 0 spiro atoms. The number of carboxylic acids is 1. The Morgan fingerprint density at radius 2 is 2.11 bits per heavy atom. The Bertz CT molecular complexity index is 352. The second kappa shape index (κ2) is 9.08. The second-order valence-corrected chi connectivity index (χ2v) is 5.42. The predicted molar refractivity (Wildman–Crippen MR) is 73.1 cm³/mol. The molecule has 0 fully saturated rings. The van der Waals surface area contributed by atoms with Crippen LogP contribution in [0.2, 0.25) is 0 Å². The number of hydrogen-bond acceptors (Lipinski definition) is 4. The third-order valence-electron chi connectivity index (χ3n) is 2.54. The lowest BCUT2D eigenvalue weighted by atomic mass is 10.2. The van der Waals surface area contributed by atoms with Gasteiger partial charge in [0.15, 0.2) is 0 Å². The molecule has 0 amide bonds.